The van der Waals surface area contributed by atoms with Crippen LogP contribution in [0.1, 0.15) is 33.1 Å². The average Bonchev–Trinajstić information content (AvgIpc) is 2.01. The Labute approximate surface area is 88.5 Å². The van der Waals surface area contributed by atoms with Gasteiger partial charge in [-0.2, -0.15) is 0 Å². The molecule has 0 aliphatic rings. The molecule has 0 aromatic rings. The maximum Gasteiger partial charge on any atom is 0.320 e. The van der Waals surface area contributed by atoms with Crippen molar-refractivity contribution in [3.8, 4) is 0 Å². The molecule has 0 heterocycles. The van der Waals surface area contributed by atoms with Gasteiger partial charge in [-0.15, -0.1) is 0 Å². The van der Waals surface area contributed by atoms with Gasteiger partial charge in [0.25, 0.3) is 0 Å². The predicted molar refractivity (Wildman–Crippen MR) is 62.7 cm³/mol. The van der Waals surface area contributed by atoms with E-state index < -0.39 is 8.32 Å². The SMILES string of the molecule is CCCCC=C(C)C(=O)O[Si](C)(C)C. The number of allylic oxidation sites excluding steroid dienone is 1. The van der Waals surface area contributed by atoms with Gasteiger partial charge in [-0.05, 0) is 33.0 Å². The molecule has 0 aliphatic heterocycles. The molecule has 0 bridgehead atoms. The molecule has 0 aliphatic carbocycles. The van der Waals surface area contributed by atoms with E-state index in [4.69, 9.17) is 4.43 Å². The van der Waals surface area contributed by atoms with Crippen molar-refractivity contribution >= 4 is 14.3 Å². The quantitative estimate of drug-likeness (QED) is 0.398. The summed E-state index contributed by atoms with van der Waals surface area (Å²) >= 11 is 0. The molecule has 0 saturated carbocycles. The summed E-state index contributed by atoms with van der Waals surface area (Å²) in [6.07, 6.45) is 5.25. The molecule has 0 radical (unpaired) electrons. The Morgan fingerprint density at radius 3 is 2.36 bits per heavy atom. The molecule has 2 nitrogen and oxygen atoms in total. The highest BCUT2D eigenvalue weighted by molar-refractivity contribution is 6.71. The summed E-state index contributed by atoms with van der Waals surface area (Å²) < 4.78 is 5.36. The average molecular weight is 214 g/mol. The van der Waals surface area contributed by atoms with Gasteiger partial charge in [0.15, 0.2) is 0 Å². The molecule has 82 valence electrons. The molecule has 3 heteroatoms. The molecule has 0 rings (SSSR count). The van der Waals surface area contributed by atoms with Crippen LogP contribution in [0.25, 0.3) is 0 Å². The Bertz CT molecular complexity index is 214. The third kappa shape index (κ3) is 6.89. The van der Waals surface area contributed by atoms with Gasteiger partial charge in [-0.3, -0.25) is 0 Å². The van der Waals surface area contributed by atoms with Gasteiger partial charge in [0.1, 0.15) is 0 Å². The molecule has 0 N–H and O–H groups in total. The van der Waals surface area contributed by atoms with Crippen molar-refractivity contribution in [3.05, 3.63) is 11.6 Å². The van der Waals surface area contributed by atoms with Crippen molar-refractivity contribution in [2.24, 2.45) is 0 Å². The highest BCUT2D eigenvalue weighted by Gasteiger charge is 2.20. The van der Waals surface area contributed by atoms with Gasteiger partial charge in [-0.25, -0.2) is 4.79 Å². The van der Waals surface area contributed by atoms with Crippen LogP contribution in [-0.4, -0.2) is 14.3 Å². The van der Waals surface area contributed by atoms with E-state index in [1.54, 1.807) is 0 Å². The third-order valence-corrected chi connectivity index (χ3v) is 2.53. The zero-order valence-electron chi connectivity index (χ0n) is 10.0. The number of rotatable bonds is 5. The van der Waals surface area contributed by atoms with Crippen molar-refractivity contribution in [2.75, 3.05) is 0 Å². The minimum atomic E-state index is -1.72. The Kier molecular flexibility index (Phi) is 5.77. The lowest BCUT2D eigenvalue weighted by molar-refractivity contribution is -0.130. The van der Waals surface area contributed by atoms with Crippen molar-refractivity contribution in [1.82, 2.24) is 0 Å². The molecule has 14 heavy (non-hydrogen) atoms. The monoisotopic (exact) mass is 214 g/mol. The summed E-state index contributed by atoms with van der Waals surface area (Å²) in [5, 5.41) is 0. The predicted octanol–water partition coefficient (Wildman–Crippen LogP) is 3.50. The molecule has 0 fully saturated rings. The lowest BCUT2D eigenvalue weighted by Gasteiger charge is -2.17. The zero-order valence-corrected chi connectivity index (χ0v) is 11.0. The third-order valence-electron chi connectivity index (χ3n) is 1.73. The van der Waals surface area contributed by atoms with Crippen molar-refractivity contribution in [1.29, 1.82) is 0 Å². The minimum absolute atomic E-state index is 0.139. The number of carbonyl (C=O) groups excluding carboxylic acids is 1. The number of hydrogen-bond donors (Lipinski definition) is 0. The minimum Gasteiger partial charge on any atom is -0.517 e. The van der Waals surface area contributed by atoms with Crippen molar-refractivity contribution in [3.63, 3.8) is 0 Å². The van der Waals surface area contributed by atoms with Crippen LogP contribution in [0.4, 0.5) is 0 Å². The first kappa shape index (κ1) is 13.4. The lowest BCUT2D eigenvalue weighted by Crippen LogP contribution is -2.29. The van der Waals surface area contributed by atoms with Crippen LogP contribution in [0, 0.1) is 0 Å². The van der Waals surface area contributed by atoms with Crippen LogP contribution in [0.15, 0.2) is 11.6 Å². The first-order valence-corrected chi connectivity index (χ1v) is 8.67. The Morgan fingerprint density at radius 1 is 1.36 bits per heavy atom. The summed E-state index contributed by atoms with van der Waals surface area (Å²) in [7, 11) is -1.72. The Balaban J connectivity index is 4.05. The summed E-state index contributed by atoms with van der Waals surface area (Å²) in [5.74, 6) is -0.139. The second-order valence-electron chi connectivity index (χ2n) is 4.53. The van der Waals surface area contributed by atoms with Gasteiger partial charge < -0.3 is 4.43 Å². The zero-order chi connectivity index (χ0) is 11.2. The van der Waals surface area contributed by atoms with Crippen LogP contribution in [-0.2, 0) is 9.22 Å². The summed E-state index contributed by atoms with van der Waals surface area (Å²) in [6, 6.07) is 0. The molecular weight excluding hydrogens is 192 g/mol. The van der Waals surface area contributed by atoms with Crippen LogP contribution in [0.5, 0.6) is 0 Å². The van der Waals surface area contributed by atoms with E-state index >= 15 is 0 Å². The second-order valence-corrected chi connectivity index (χ2v) is 8.96. The van der Waals surface area contributed by atoms with Crippen LogP contribution in [0.3, 0.4) is 0 Å². The number of carbonyl (C=O) groups is 1. The van der Waals surface area contributed by atoms with E-state index in [-0.39, 0.29) is 5.97 Å². The summed E-state index contributed by atoms with van der Waals surface area (Å²) in [5.41, 5.74) is 0.751. The molecule has 0 saturated heterocycles. The highest BCUT2D eigenvalue weighted by atomic mass is 28.4. The first-order valence-electron chi connectivity index (χ1n) is 5.27. The van der Waals surface area contributed by atoms with Crippen LogP contribution < -0.4 is 0 Å². The topological polar surface area (TPSA) is 26.3 Å². The molecule has 0 aromatic carbocycles. The van der Waals surface area contributed by atoms with Crippen LogP contribution in [0.2, 0.25) is 19.6 Å². The Morgan fingerprint density at radius 2 is 1.93 bits per heavy atom. The fraction of sp³-hybridized carbons (Fsp3) is 0.727. The molecule has 0 amide bonds. The van der Waals surface area contributed by atoms with Gasteiger partial charge >= 0.3 is 5.97 Å². The van der Waals surface area contributed by atoms with Crippen molar-refractivity contribution in [2.45, 2.75) is 52.8 Å². The molecule has 0 spiro atoms. The second kappa shape index (κ2) is 6.01. The van der Waals surface area contributed by atoms with E-state index in [1.165, 1.54) is 0 Å². The fourth-order valence-electron chi connectivity index (χ4n) is 0.965. The normalized spacial score (nSPS) is 12.8. The standard InChI is InChI=1S/C11H22O2Si/c1-6-7-8-9-10(2)11(12)13-14(3,4)5/h9H,6-8H2,1-5H3. The number of hydrogen-bond acceptors (Lipinski definition) is 2. The fourth-order valence-corrected chi connectivity index (χ4v) is 1.68. The van der Waals surface area contributed by atoms with E-state index in [0.29, 0.717) is 0 Å². The van der Waals surface area contributed by atoms with E-state index in [9.17, 15) is 4.79 Å². The van der Waals surface area contributed by atoms with Gasteiger partial charge in [0.2, 0.25) is 8.32 Å². The maximum absolute atomic E-state index is 11.5. The van der Waals surface area contributed by atoms with Gasteiger partial charge in [-0.1, -0.05) is 25.8 Å². The van der Waals surface area contributed by atoms with Crippen LogP contribution >= 0.6 is 0 Å². The molecule has 0 unspecified atom stereocenters. The number of unbranched alkanes of at least 4 members (excludes halogenated alkanes) is 2. The van der Waals surface area contributed by atoms with E-state index in [2.05, 4.69) is 6.92 Å². The highest BCUT2D eigenvalue weighted by Crippen LogP contribution is 2.09. The molecule has 0 aromatic heterocycles. The van der Waals surface area contributed by atoms with Gasteiger partial charge in [0.05, 0.1) is 0 Å². The summed E-state index contributed by atoms with van der Waals surface area (Å²) in [6.45, 7) is 10.0. The lowest BCUT2D eigenvalue weighted by atomic mass is 10.2. The molecular formula is C11H22O2Si. The molecule has 0 atom stereocenters. The van der Waals surface area contributed by atoms with E-state index in [0.717, 1.165) is 24.8 Å². The summed E-state index contributed by atoms with van der Waals surface area (Å²) in [4.78, 5) is 11.5. The largest absolute Gasteiger partial charge is 0.517 e. The van der Waals surface area contributed by atoms with Crippen molar-refractivity contribution < 1.29 is 9.22 Å². The maximum atomic E-state index is 11.5. The first-order chi connectivity index (χ1) is 6.37. The van der Waals surface area contributed by atoms with E-state index in [1.807, 2.05) is 32.6 Å². The smallest absolute Gasteiger partial charge is 0.320 e. The van der Waals surface area contributed by atoms with Gasteiger partial charge in [0, 0.05) is 5.57 Å². The Hall–Kier alpha value is -0.573.